The Morgan fingerprint density at radius 3 is 2.94 bits per heavy atom. The van der Waals surface area contributed by atoms with Gasteiger partial charge in [0.05, 0.1) is 9.90 Å². The molecule has 0 aromatic carbocycles. The number of pyridine rings is 1. The highest BCUT2D eigenvalue weighted by atomic mass is 35.5. The molecule has 0 atom stereocenters. The Morgan fingerprint density at radius 1 is 1.31 bits per heavy atom. The predicted molar refractivity (Wildman–Crippen MR) is 68.3 cm³/mol. The van der Waals surface area contributed by atoms with E-state index in [9.17, 15) is 0 Å². The molecule has 3 aromatic rings. The zero-order valence-corrected chi connectivity index (χ0v) is 10.2. The van der Waals surface area contributed by atoms with Crippen molar-refractivity contribution in [1.29, 1.82) is 0 Å². The van der Waals surface area contributed by atoms with Gasteiger partial charge in [0, 0.05) is 11.9 Å². The SMILES string of the molecule is Cc1c(-c2cccs2)nc2ccc(Cl)cn12. The third-order valence-corrected chi connectivity index (χ3v) is 3.68. The molecule has 2 nitrogen and oxygen atoms in total. The van der Waals surface area contributed by atoms with Crippen LogP contribution in [0.25, 0.3) is 16.2 Å². The highest BCUT2D eigenvalue weighted by Crippen LogP contribution is 2.28. The standard InChI is InChI=1S/C12H9ClN2S/c1-8-12(10-3-2-6-16-10)14-11-5-4-9(13)7-15(8)11/h2-7H,1H3. The van der Waals surface area contributed by atoms with E-state index in [-0.39, 0.29) is 0 Å². The van der Waals surface area contributed by atoms with Crippen molar-refractivity contribution >= 4 is 28.6 Å². The smallest absolute Gasteiger partial charge is 0.137 e. The van der Waals surface area contributed by atoms with Crippen molar-refractivity contribution < 1.29 is 0 Å². The summed E-state index contributed by atoms with van der Waals surface area (Å²) in [6.07, 6.45) is 1.90. The van der Waals surface area contributed by atoms with Gasteiger partial charge in [-0.25, -0.2) is 4.98 Å². The maximum absolute atomic E-state index is 5.98. The summed E-state index contributed by atoms with van der Waals surface area (Å²) in [4.78, 5) is 5.80. The summed E-state index contributed by atoms with van der Waals surface area (Å²) in [5.41, 5.74) is 3.10. The van der Waals surface area contributed by atoms with Gasteiger partial charge in [-0.15, -0.1) is 11.3 Å². The Morgan fingerprint density at radius 2 is 2.19 bits per heavy atom. The van der Waals surface area contributed by atoms with Crippen molar-refractivity contribution in [2.75, 3.05) is 0 Å². The number of rotatable bonds is 1. The van der Waals surface area contributed by atoms with E-state index in [2.05, 4.69) is 23.4 Å². The van der Waals surface area contributed by atoms with Crippen molar-refractivity contribution in [3.05, 3.63) is 46.6 Å². The molecule has 0 aliphatic heterocycles. The Hall–Kier alpha value is -1.32. The fraction of sp³-hybridized carbons (Fsp3) is 0.0833. The second-order valence-electron chi connectivity index (χ2n) is 3.60. The van der Waals surface area contributed by atoms with Gasteiger partial charge in [0.25, 0.3) is 0 Å². The van der Waals surface area contributed by atoms with E-state index < -0.39 is 0 Å². The molecule has 0 aliphatic rings. The van der Waals surface area contributed by atoms with Gasteiger partial charge in [-0.2, -0.15) is 0 Å². The maximum atomic E-state index is 5.98. The number of halogens is 1. The lowest BCUT2D eigenvalue weighted by atomic mass is 10.3. The van der Waals surface area contributed by atoms with Crippen LogP contribution in [0.15, 0.2) is 35.8 Å². The van der Waals surface area contributed by atoms with E-state index >= 15 is 0 Å². The summed E-state index contributed by atoms with van der Waals surface area (Å²) in [6.45, 7) is 2.06. The molecule has 0 bridgehead atoms. The normalized spacial score (nSPS) is 11.1. The van der Waals surface area contributed by atoms with Crippen LogP contribution in [-0.2, 0) is 0 Å². The average Bonchev–Trinajstić information content (AvgIpc) is 2.87. The largest absolute Gasteiger partial charge is 0.302 e. The summed E-state index contributed by atoms with van der Waals surface area (Å²) in [6, 6.07) is 7.92. The Kier molecular flexibility index (Phi) is 2.23. The molecule has 0 amide bonds. The molecular formula is C12H9ClN2S. The number of hydrogen-bond acceptors (Lipinski definition) is 2. The molecule has 0 radical (unpaired) electrons. The van der Waals surface area contributed by atoms with Gasteiger partial charge < -0.3 is 4.40 Å². The molecule has 16 heavy (non-hydrogen) atoms. The molecule has 3 heterocycles. The van der Waals surface area contributed by atoms with Crippen molar-refractivity contribution in [3.8, 4) is 10.6 Å². The summed E-state index contributed by atoms with van der Waals surface area (Å²) in [7, 11) is 0. The van der Waals surface area contributed by atoms with Crippen LogP contribution in [0, 0.1) is 6.92 Å². The first kappa shape index (κ1) is 9.87. The fourth-order valence-electron chi connectivity index (χ4n) is 1.78. The van der Waals surface area contributed by atoms with Crippen LogP contribution in [-0.4, -0.2) is 9.38 Å². The molecule has 0 N–H and O–H groups in total. The second kappa shape index (κ2) is 3.61. The Bertz CT molecular complexity index is 640. The number of imidazole rings is 1. The molecule has 0 saturated carbocycles. The highest BCUT2D eigenvalue weighted by molar-refractivity contribution is 7.13. The van der Waals surface area contributed by atoms with Gasteiger partial charge in [0.1, 0.15) is 11.3 Å². The average molecular weight is 249 g/mol. The molecule has 0 unspecified atom stereocenters. The Balaban J connectivity index is 2.32. The number of hydrogen-bond donors (Lipinski definition) is 0. The zero-order valence-electron chi connectivity index (χ0n) is 8.64. The minimum Gasteiger partial charge on any atom is -0.302 e. The Labute approximate surface area is 102 Å². The van der Waals surface area contributed by atoms with E-state index in [0.717, 1.165) is 22.1 Å². The molecule has 3 rings (SSSR count). The van der Waals surface area contributed by atoms with Crippen LogP contribution in [0.5, 0.6) is 0 Å². The minimum atomic E-state index is 0.728. The van der Waals surface area contributed by atoms with Gasteiger partial charge in [0.15, 0.2) is 0 Å². The predicted octanol–water partition coefficient (Wildman–Crippen LogP) is 4.02. The van der Waals surface area contributed by atoms with Gasteiger partial charge in [-0.05, 0) is 30.5 Å². The van der Waals surface area contributed by atoms with E-state index in [4.69, 9.17) is 11.6 Å². The van der Waals surface area contributed by atoms with Crippen molar-refractivity contribution in [2.24, 2.45) is 0 Å². The third-order valence-electron chi connectivity index (χ3n) is 2.58. The molecule has 3 aromatic heterocycles. The van der Waals surface area contributed by atoms with Gasteiger partial charge in [0.2, 0.25) is 0 Å². The van der Waals surface area contributed by atoms with Crippen LogP contribution >= 0.6 is 22.9 Å². The van der Waals surface area contributed by atoms with E-state index in [0.29, 0.717) is 0 Å². The monoisotopic (exact) mass is 248 g/mol. The summed E-state index contributed by atoms with van der Waals surface area (Å²) < 4.78 is 2.03. The van der Waals surface area contributed by atoms with Crippen molar-refractivity contribution in [1.82, 2.24) is 9.38 Å². The van der Waals surface area contributed by atoms with Crippen LogP contribution in [0.1, 0.15) is 5.69 Å². The minimum absolute atomic E-state index is 0.728. The fourth-order valence-corrected chi connectivity index (χ4v) is 2.71. The van der Waals surface area contributed by atoms with Gasteiger partial charge in [-0.1, -0.05) is 17.7 Å². The number of fused-ring (bicyclic) bond motifs is 1. The molecular weight excluding hydrogens is 240 g/mol. The van der Waals surface area contributed by atoms with E-state index in [1.165, 1.54) is 4.88 Å². The molecule has 0 aliphatic carbocycles. The summed E-state index contributed by atoms with van der Waals surface area (Å²) in [5.74, 6) is 0. The summed E-state index contributed by atoms with van der Waals surface area (Å²) >= 11 is 7.68. The first-order valence-electron chi connectivity index (χ1n) is 4.94. The van der Waals surface area contributed by atoms with Crippen LogP contribution in [0.3, 0.4) is 0 Å². The topological polar surface area (TPSA) is 17.3 Å². The number of aromatic nitrogens is 2. The third kappa shape index (κ3) is 1.44. The van der Waals surface area contributed by atoms with Crippen molar-refractivity contribution in [2.45, 2.75) is 6.92 Å². The van der Waals surface area contributed by atoms with Gasteiger partial charge >= 0.3 is 0 Å². The van der Waals surface area contributed by atoms with Crippen LogP contribution in [0.4, 0.5) is 0 Å². The number of nitrogens with zero attached hydrogens (tertiary/aromatic N) is 2. The highest BCUT2D eigenvalue weighted by Gasteiger charge is 2.10. The molecule has 0 fully saturated rings. The zero-order chi connectivity index (χ0) is 11.1. The quantitative estimate of drug-likeness (QED) is 0.636. The molecule has 80 valence electrons. The number of thiophene rings is 1. The first-order valence-corrected chi connectivity index (χ1v) is 6.19. The first-order chi connectivity index (χ1) is 7.75. The second-order valence-corrected chi connectivity index (χ2v) is 4.98. The van der Waals surface area contributed by atoms with Crippen LogP contribution in [0.2, 0.25) is 5.02 Å². The lowest BCUT2D eigenvalue weighted by Crippen LogP contribution is -1.86. The number of aryl methyl sites for hydroxylation is 1. The molecule has 0 saturated heterocycles. The summed E-state index contributed by atoms with van der Waals surface area (Å²) in [5, 5.41) is 2.79. The maximum Gasteiger partial charge on any atom is 0.137 e. The van der Waals surface area contributed by atoms with Gasteiger partial charge in [-0.3, -0.25) is 0 Å². The van der Waals surface area contributed by atoms with Crippen molar-refractivity contribution in [3.63, 3.8) is 0 Å². The van der Waals surface area contributed by atoms with Crippen LogP contribution < -0.4 is 0 Å². The van der Waals surface area contributed by atoms with E-state index in [1.54, 1.807) is 11.3 Å². The molecule has 4 heteroatoms. The lowest BCUT2D eigenvalue weighted by molar-refractivity contribution is 1.11. The lowest BCUT2D eigenvalue weighted by Gasteiger charge is -1.97. The van der Waals surface area contributed by atoms with E-state index in [1.807, 2.05) is 28.8 Å². The molecule has 0 spiro atoms.